The van der Waals surface area contributed by atoms with Gasteiger partial charge >= 0.3 is 0 Å². The lowest BCUT2D eigenvalue weighted by Gasteiger charge is -2.25. The summed E-state index contributed by atoms with van der Waals surface area (Å²) < 4.78 is 0. The topological polar surface area (TPSA) is 36.4 Å². The Bertz CT molecular complexity index is 539. The van der Waals surface area contributed by atoms with E-state index in [1.54, 1.807) is 0 Å². The number of hydrogen-bond donors (Lipinski definition) is 1. The maximum atomic E-state index is 9.34. The Hall–Kier alpha value is -1.71. The number of aromatic nitrogens is 1. The van der Waals surface area contributed by atoms with E-state index in [1.165, 1.54) is 11.1 Å². The Labute approximate surface area is 133 Å². The van der Waals surface area contributed by atoms with Crippen LogP contribution in [0.2, 0.25) is 0 Å². The Balaban J connectivity index is 2.05. The smallest absolute Gasteiger partial charge is 0.0544 e. The third-order valence-corrected chi connectivity index (χ3v) is 3.81. The normalized spacial score (nSPS) is 12.5. The van der Waals surface area contributed by atoms with Crippen LogP contribution in [-0.4, -0.2) is 28.1 Å². The molecule has 0 radical (unpaired) electrons. The van der Waals surface area contributed by atoms with Gasteiger partial charge in [-0.25, -0.2) is 0 Å². The lowest BCUT2D eigenvalue weighted by atomic mass is 10.1. The van der Waals surface area contributed by atoms with Crippen LogP contribution in [0.15, 0.2) is 48.7 Å². The highest BCUT2D eigenvalue weighted by molar-refractivity contribution is 5.16. The number of hydrogen-bond acceptors (Lipinski definition) is 3. The predicted molar refractivity (Wildman–Crippen MR) is 90.4 cm³/mol. The molecule has 0 aliphatic carbocycles. The molecule has 0 spiro atoms. The average molecular weight is 298 g/mol. The van der Waals surface area contributed by atoms with E-state index in [4.69, 9.17) is 0 Å². The summed E-state index contributed by atoms with van der Waals surface area (Å²) in [6.45, 7) is 6.98. The SMILES string of the molecule is CCc1ccc(CN(Cc2ccccc2)C[C@@H](C)CO)nc1. The maximum absolute atomic E-state index is 9.34. The molecule has 3 heteroatoms. The molecule has 3 nitrogen and oxygen atoms in total. The van der Waals surface area contributed by atoms with Crippen molar-refractivity contribution in [2.75, 3.05) is 13.2 Å². The third kappa shape index (κ3) is 5.24. The maximum Gasteiger partial charge on any atom is 0.0544 e. The number of benzene rings is 1. The molecule has 0 saturated carbocycles. The van der Waals surface area contributed by atoms with Crippen molar-refractivity contribution in [3.05, 3.63) is 65.5 Å². The van der Waals surface area contributed by atoms with E-state index < -0.39 is 0 Å². The van der Waals surface area contributed by atoms with Crippen molar-refractivity contribution in [2.24, 2.45) is 5.92 Å². The van der Waals surface area contributed by atoms with Gasteiger partial charge in [-0.05, 0) is 29.5 Å². The molecule has 1 N–H and O–H groups in total. The summed E-state index contributed by atoms with van der Waals surface area (Å²) in [4.78, 5) is 6.91. The van der Waals surface area contributed by atoms with Crippen molar-refractivity contribution in [3.63, 3.8) is 0 Å². The molecule has 22 heavy (non-hydrogen) atoms. The molecule has 0 bridgehead atoms. The predicted octanol–water partition coefficient (Wildman–Crippen LogP) is 3.27. The van der Waals surface area contributed by atoms with Crippen molar-refractivity contribution in [1.82, 2.24) is 9.88 Å². The molecule has 0 fully saturated rings. The summed E-state index contributed by atoms with van der Waals surface area (Å²) in [6.07, 6.45) is 2.98. The van der Waals surface area contributed by atoms with Gasteiger partial charge in [-0.2, -0.15) is 0 Å². The quantitative estimate of drug-likeness (QED) is 0.812. The molecule has 0 saturated heterocycles. The number of aliphatic hydroxyl groups excluding tert-OH is 1. The molecule has 1 heterocycles. The molecule has 2 aromatic rings. The molecule has 0 unspecified atom stereocenters. The van der Waals surface area contributed by atoms with Crippen molar-refractivity contribution in [3.8, 4) is 0 Å². The zero-order valence-corrected chi connectivity index (χ0v) is 13.6. The number of pyridine rings is 1. The van der Waals surface area contributed by atoms with Gasteiger partial charge in [0, 0.05) is 32.4 Å². The fraction of sp³-hybridized carbons (Fsp3) is 0.421. The molecule has 118 valence electrons. The van der Waals surface area contributed by atoms with Gasteiger partial charge in [0.2, 0.25) is 0 Å². The summed E-state index contributed by atoms with van der Waals surface area (Å²) in [5.74, 6) is 0.263. The molecule has 0 amide bonds. The van der Waals surface area contributed by atoms with Crippen LogP contribution in [-0.2, 0) is 19.5 Å². The second-order valence-corrected chi connectivity index (χ2v) is 5.95. The summed E-state index contributed by atoms with van der Waals surface area (Å²) in [5, 5.41) is 9.34. The summed E-state index contributed by atoms with van der Waals surface area (Å²) in [5.41, 5.74) is 3.64. The van der Waals surface area contributed by atoms with Crippen LogP contribution in [0, 0.1) is 5.92 Å². The second kappa shape index (κ2) is 8.66. The Kier molecular flexibility index (Phi) is 6.56. The standard InChI is InChI=1S/C19H26N2O/c1-3-17-9-10-19(20-11-17)14-21(12-16(2)15-22)13-18-7-5-4-6-8-18/h4-11,16,22H,3,12-15H2,1-2H3/t16-/m1/s1. The van der Waals surface area contributed by atoms with Crippen molar-refractivity contribution >= 4 is 0 Å². The fourth-order valence-corrected chi connectivity index (χ4v) is 2.51. The highest BCUT2D eigenvalue weighted by Crippen LogP contribution is 2.12. The van der Waals surface area contributed by atoms with Crippen LogP contribution in [0.4, 0.5) is 0 Å². The van der Waals surface area contributed by atoms with Gasteiger partial charge in [0.15, 0.2) is 0 Å². The Morgan fingerprint density at radius 3 is 2.41 bits per heavy atom. The first-order chi connectivity index (χ1) is 10.7. The van der Waals surface area contributed by atoms with Gasteiger partial charge in [0.25, 0.3) is 0 Å². The lowest BCUT2D eigenvalue weighted by Crippen LogP contribution is -2.29. The van der Waals surface area contributed by atoms with Gasteiger partial charge in [0.1, 0.15) is 0 Å². The second-order valence-electron chi connectivity index (χ2n) is 5.95. The van der Waals surface area contributed by atoms with E-state index in [1.807, 2.05) is 12.3 Å². The van der Waals surface area contributed by atoms with Crippen molar-refractivity contribution in [2.45, 2.75) is 33.4 Å². The minimum absolute atomic E-state index is 0.216. The monoisotopic (exact) mass is 298 g/mol. The Morgan fingerprint density at radius 1 is 1.05 bits per heavy atom. The average Bonchev–Trinajstić information content (AvgIpc) is 2.56. The first kappa shape index (κ1) is 16.7. The summed E-state index contributed by atoms with van der Waals surface area (Å²) in [6, 6.07) is 14.7. The molecular formula is C19H26N2O. The molecule has 1 aromatic heterocycles. The molecular weight excluding hydrogens is 272 g/mol. The summed E-state index contributed by atoms with van der Waals surface area (Å²) >= 11 is 0. The minimum Gasteiger partial charge on any atom is -0.396 e. The minimum atomic E-state index is 0.216. The van der Waals surface area contributed by atoms with Crippen LogP contribution in [0.3, 0.4) is 0 Å². The number of rotatable bonds is 8. The molecule has 1 aromatic carbocycles. The lowest BCUT2D eigenvalue weighted by molar-refractivity contribution is 0.162. The highest BCUT2D eigenvalue weighted by Gasteiger charge is 2.12. The zero-order chi connectivity index (χ0) is 15.8. The molecule has 0 aliphatic rings. The van der Waals surface area contributed by atoms with Crippen LogP contribution in [0.1, 0.15) is 30.7 Å². The van der Waals surface area contributed by atoms with Crippen LogP contribution in [0.25, 0.3) is 0 Å². The van der Waals surface area contributed by atoms with Crippen molar-refractivity contribution < 1.29 is 5.11 Å². The highest BCUT2D eigenvalue weighted by atomic mass is 16.3. The van der Waals surface area contributed by atoms with E-state index in [0.29, 0.717) is 0 Å². The van der Waals surface area contributed by atoms with E-state index in [9.17, 15) is 5.11 Å². The summed E-state index contributed by atoms with van der Waals surface area (Å²) in [7, 11) is 0. The Morgan fingerprint density at radius 2 is 1.82 bits per heavy atom. The van der Waals surface area contributed by atoms with Gasteiger partial charge in [-0.1, -0.05) is 50.2 Å². The van der Waals surface area contributed by atoms with Gasteiger partial charge < -0.3 is 5.11 Å². The number of aryl methyl sites for hydroxylation is 1. The largest absolute Gasteiger partial charge is 0.396 e. The first-order valence-electron chi connectivity index (χ1n) is 8.02. The van der Waals surface area contributed by atoms with Crippen LogP contribution >= 0.6 is 0 Å². The van der Waals surface area contributed by atoms with Crippen molar-refractivity contribution in [1.29, 1.82) is 0 Å². The van der Waals surface area contributed by atoms with Crippen LogP contribution in [0.5, 0.6) is 0 Å². The van der Waals surface area contributed by atoms with Gasteiger partial charge in [0.05, 0.1) is 5.69 Å². The number of aliphatic hydroxyl groups is 1. The van der Waals surface area contributed by atoms with Gasteiger partial charge in [-0.15, -0.1) is 0 Å². The molecule has 1 atom stereocenters. The zero-order valence-electron chi connectivity index (χ0n) is 13.6. The van der Waals surface area contributed by atoms with E-state index in [2.05, 4.69) is 60.1 Å². The third-order valence-electron chi connectivity index (χ3n) is 3.81. The van der Waals surface area contributed by atoms with E-state index >= 15 is 0 Å². The number of nitrogens with zero attached hydrogens (tertiary/aromatic N) is 2. The van der Waals surface area contributed by atoms with Crippen LogP contribution < -0.4 is 0 Å². The molecule has 2 rings (SSSR count). The molecule has 0 aliphatic heterocycles. The van der Waals surface area contributed by atoms with Gasteiger partial charge in [-0.3, -0.25) is 9.88 Å². The first-order valence-corrected chi connectivity index (χ1v) is 8.02. The fourth-order valence-electron chi connectivity index (χ4n) is 2.51. The van der Waals surface area contributed by atoms with E-state index in [-0.39, 0.29) is 12.5 Å². The van der Waals surface area contributed by atoms with E-state index in [0.717, 1.165) is 31.7 Å².